The molecule has 0 saturated heterocycles. The molecule has 0 rings (SSSR count). The number of unbranched alkanes of at least 4 members (excludes halogenated alkanes) is 16. The van der Waals surface area contributed by atoms with Crippen LogP contribution >= 0.6 is 0 Å². The summed E-state index contributed by atoms with van der Waals surface area (Å²) >= 11 is 0. The summed E-state index contributed by atoms with van der Waals surface area (Å²) in [6.45, 7) is 2.25. The molecule has 1 atom stereocenters. The van der Waals surface area contributed by atoms with Gasteiger partial charge in [-0.3, -0.25) is 4.79 Å². The van der Waals surface area contributed by atoms with Gasteiger partial charge in [0.25, 0.3) is 0 Å². The summed E-state index contributed by atoms with van der Waals surface area (Å²) in [5.41, 5.74) is 0. The van der Waals surface area contributed by atoms with E-state index in [1.807, 2.05) is 0 Å². The van der Waals surface area contributed by atoms with E-state index in [0.717, 1.165) is 38.5 Å². The predicted molar refractivity (Wildman–Crippen MR) is 139 cm³/mol. The second kappa shape index (κ2) is 26.2. The standard InChI is InChI=1S/C29H54O3/c1-2-3-4-5-6-7-13-16-19-22-25-28(30)26-23-20-17-14-11-9-8-10-12-15-18-21-24-27-29(31)32/h7,13,19,22,28,30H,2-6,8-12,14-18,20-21,23-27H2,1H3,(H,31,32). The van der Waals surface area contributed by atoms with Crippen LogP contribution in [0, 0.1) is 0 Å². The lowest BCUT2D eigenvalue weighted by Gasteiger charge is -2.07. The molecule has 0 aliphatic rings. The number of aliphatic hydroxyl groups excluding tert-OH is 1. The lowest BCUT2D eigenvalue weighted by Crippen LogP contribution is -2.04. The number of carboxylic acids is 1. The Labute approximate surface area is 199 Å². The van der Waals surface area contributed by atoms with E-state index < -0.39 is 5.97 Å². The first-order valence-corrected chi connectivity index (χ1v) is 13.9. The minimum Gasteiger partial charge on any atom is -0.481 e. The maximum atomic E-state index is 10.4. The van der Waals surface area contributed by atoms with Gasteiger partial charge in [0.05, 0.1) is 6.10 Å². The first-order valence-electron chi connectivity index (χ1n) is 13.9. The average Bonchev–Trinajstić information content (AvgIpc) is 2.77. The molecule has 0 heterocycles. The highest BCUT2D eigenvalue weighted by atomic mass is 16.4. The second-order valence-corrected chi connectivity index (χ2v) is 9.45. The van der Waals surface area contributed by atoms with Gasteiger partial charge >= 0.3 is 5.97 Å². The van der Waals surface area contributed by atoms with Crippen molar-refractivity contribution >= 4 is 5.97 Å². The second-order valence-electron chi connectivity index (χ2n) is 9.45. The van der Waals surface area contributed by atoms with Crippen LogP contribution in [0.5, 0.6) is 0 Å². The van der Waals surface area contributed by atoms with Gasteiger partial charge in [0.1, 0.15) is 0 Å². The Morgan fingerprint density at radius 3 is 1.72 bits per heavy atom. The van der Waals surface area contributed by atoms with Crippen molar-refractivity contribution in [3.8, 4) is 0 Å². The van der Waals surface area contributed by atoms with E-state index in [2.05, 4.69) is 31.2 Å². The van der Waals surface area contributed by atoms with Crippen molar-refractivity contribution in [2.75, 3.05) is 0 Å². The Kier molecular flexibility index (Phi) is 25.3. The normalized spacial score (nSPS) is 12.8. The van der Waals surface area contributed by atoms with E-state index in [-0.39, 0.29) is 6.10 Å². The third kappa shape index (κ3) is 26.9. The maximum absolute atomic E-state index is 10.4. The van der Waals surface area contributed by atoms with Gasteiger partial charge in [0, 0.05) is 6.42 Å². The molecule has 1 unspecified atom stereocenters. The molecule has 0 radical (unpaired) electrons. The van der Waals surface area contributed by atoms with Crippen LogP contribution in [0.2, 0.25) is 0 Å². The minimum absolute atomic E-state index is 0.173. The summed E-state index contributed by atoms with van der Waals surface area (Å²) in [6.07, 6.45) is 34.3. The van der Waals surface area contributed by atoms with E-state index in [0.29, 0.717) is 6.42 Å². The molecule has 32 heavy (non-hydrogen) atoms. The highest BCUT2D eigenvalue weighted by Gasteiger charge is 2.01. The lowest BCUT2D eigenvalue weighted by atomic mass is 10.0. The summed E-state index contributed by atoms with van der Waals surface area (Å²) in [7, 11) is 0. The predicted octanol–water partition coefficient (Wildman–Crippen LogP) is 9.15. The van der Waals surface area contributed by atoms with Gasteiger partial charge in [-0.1, -0.05) is 128 Å². The van der Waals surface area contributed by atoms with Crippen molar-refractivity contribution in [1.29, 1.82) is 0 Å². The monoisotopic (exact) mass is 450 g/mol. The fourth-order valence-corrected chi connectivity index (χ4v) is 4.05. The van der Waals surface area contributed by atoms with Crippen molar-refractivity contribution in [3.63, 3.8) is 0 Å². The van der Waals surface area contributed by atoms with E-state index >= 15 is 0 Å². The van der Waals surface area contributed by atoms with Gasteiger partial charge in [-0.25, -0.2) is 0 Å². The van der Waals surface area contributed by atoms with E-state index in [1.165, 1.54) is 96.3 Å². The number of aliphatic hydroxyl groups is 1. The van der Waals surface area contributed by atoms with Crippen LogP contribution in [-0.4, -0.2) is 22.3 Å². The molecule has 0 amide bonds. The number of aliphatic carboxylic acids is 1. The number of rotatable bonds is 25. The number of carboxylic acid groups (broad SMARTS) is 1. The van der Waals surface area contributed by atoms with Gasteiger partial charge in [0.2, 0.25) is 0 Å². The largest absolute Gasteiger partial charge is 0.481 e. The van der Waals surface area contributed by atoms with Gasteiger partial charge < -0.3 is 10.2 Å². The zero-order valence-corrected chi connectivity index (χ0v) is 21.2. The van der Waals surface area contributed by atoms with E-state index in [9.17, 15) is 9.90 Å². The third-order valence-corrected chi connectivity index (χ3v) is 6.17. The van der Waals surface area contributed by atoms with Gasteiger partial charge in [0.15, 0.2) is 0 Å². The van der Waals surface area contributed by atoms with Crippen LogP contribution in [0.15, 0.2) is 24.3 Å². The fraction of sp³-hybridized carbons (Fsp3) is 0.828. The van der Waals surface area contributed by atoms with Gasteiger partial charge in [-0.15, -0.1) is 0 Å². The highest BCUT2D eigenvalue weighted by molar-refractivity contribution is 5.66. The molecule has 0 bridgehead atoms. The van der Waals surface area contributed by atoms with Crippen LogP contribution in [-0.2, 0) is 4.79 Å². The third-order valence-electron chi connectivity index (χ3n) is 6.17. The Bertz CT molecular complexity index is 442. The average molecular weight is 451 g/mol. The van der Waals surface area contributed by atoms with E-state index in [4.69, 9.17) is 5.11 Å². The highest BCUT2D eigenvalue weighted by Crippen LogP contribution is 2.14. The quantitative estimate of drug-likeness (QED) is 0.108. The first kappa shape index (κ1) is 30.9. The molecule has 0 spiro atoms. The Hall–Kier alpha value is -1.09. The molecule has 188 valence electrons. The van der Waals surface area contributed by atoms with Gasteiger partial charge in [-0.05, 0) is 38.5 Å². The number of hydrogen-bond acceptors (Lipinski definition) is 2. The van der Waals surface area contributed by atoms with Crippen molar-refractivity contribution in [1.82, 2.24) is 0 Å². The summed E-state index contributed by atoms with van der Waals surface area (Å²) in [4.78, 5) is 10.4. The number of hydrogen-bond donors (Lipinski definition) is 2. The zero-order chi connectivity index (χ0) is 23.5. The Balaban J connectivity index is 3.26. The van der Waals surface area contributed by atoms with Gasteiger partial charge in [-0.2, -0.15) is 0 Å². The number of carbonyl (C=O) groups is 1. The van der Waals surface area contributed by atoms with Crippen LogP contribution in [0.25, 0.3) is 0 Å². The molecule has 0 saturated carbocycles. The van der Waals surface area contributed by atoms with Crippen molar-refractivity contribution in [2.45, 2.75) is 154 Å². The molecule has 0 aromatic heterocycles. The molecule has 3 heteroatoms. The summed E-state index contributed by atoms with van der Waals surface area (Å²) in [5.74, 6) is -0.666. The summed E-state index contributed by atoms with van der Waals surface area (Å²) in [6, 6.07) is 0. The SMILES string of the molecule is CCCCCCC=CCC=CCC(O)CCCCCCCCCCCCCCCC(=O)O. The molecule has 0 aromatic rings. The Morgan fingerprint density at radius 2 is 1.16 bits per heavy atom. The smallest absolute Gasteiger partial charge is 0.303 e. The lowest BCUT2D eigenvalue weighted by molar-refractivity contribution is -0.137. The summed E-state index contributed by atoms with van der Waals surface area (Å²) in [5, 5.41) is 18.7. The molecule has 0 aliphatic heterocycles. The molecule has 0 aromatic carbocycles. The fourth-order valence-electron chi connectivity index (χ4n) is 4.05. The van der Waals surface area contributed by atoms with Crippen molar-refractivity contribution in [3.05, 3.63) is 24.3 Å². The van der Waals surface area contributed by atoms with Crippen LogP contribution < -0.4 is 0 Å². The molecular formula is C29H54O3. The van der Waals surface area contributed by atoms with Crippen molar-refractivity contribution < 1.29 is 15.0 Å². The topological polar surface area (TPSA) is 57.5 Å². The zero-order valence-electron chi connectivity index (χ0n) is 21.2. The van der Waals surface area contributed by atoms with Crippen LogP contribution in [0.3, 0.4) is 0 Å². The van der Waals surface area contributed by atoms with E-state index in [1.54, 1.807) is 0 Å². The summed E-state index contributed by atoms with van der Waals surface area (Å²) < 4.78 is 0. The molecular weight excluding hydrogens is 396 g/mol. The number of allylic oxidation sites excluding steroid dienone is 3. The van der Waals surface area contributed by atoms with Crippen LogP contribution in [0.1, 0.15) is 148 Å². The first-order chi connectivity index (χ1) is 15.7. The molecule has 3 nitrogen and oxygen atoms in total. The van der Waals surface area contributed by atoms with Crippen LogP contribution in [0.4, 0.5) is 0 Å². The molecule has 0 fully saturated rings. The maximum Gasteiger partial charge on any atom is 0.303 e. The minimum atomic E-state index is -0.666. The Morgan fingerprint density at radius 1 is 0.656 bits per heavy atom. The molecule has 0 aliphatic carbocycles. The van der Waals surface area contributed by atoms with Crippen molar-refractivity contribution in [2.24, 2.45) is 0 Å². The molecule has 2 N–H and O–H groups in total.